The Morgan fingerprint density at radius 2 is 0.965 bits per heavy atom. The molecule has 0 radical (unpaired) electrons. The molecule has 10 aromatic rings. The van der Waals surface area contributed by atoms with Crippen LogP contribution in [0.1, 0.15) is 25.0 Å². The van der Waals surface area contributed by atoms with Crippen LogP contribution < -0.4 is 4.90 Å². The first-order valence-electron chi connectivity index (χ1n) is 19.8. The number of fused-ring (bicyclic) bond motifs is 7. The Kier molecular flexibility index (Phi) is 7.55. The first-order valence-corrected chi connectivity index (χ1v) is 19.8. The molecular formula is C55H39NO. The van der Waals surface area contributed by atoms with Crippen molar-refractivity contribution in [3.05, 3.63) is 211 Å². The van der Waals surface area contributed by atoms with Crippen LogP contribution in [0.15, 0.2) is 205 Å². The molecule has 0 saturated carbocycles. The Morgan fingerprint density at radius 1 is 0.368 bits per heavy atom. The molecule has 1 aliphatic rings. The third kappa shape index (κ3) is 5.40. The van der Waals surface area contributed by atoms with Crippen molar-refractivity contribution in [2.45, 2.75) is 19.3 Å². The Bertz CT molecular complexity index is 3140. The average Bonchev–Trinajstić information content (AvgIpc) is 3.75. The van der Waals surface area contributed by atoms with Crippen molar-refractivity contribution in [2.24, 2.45) is 0 Å². The molecule has 0 unspecified atom stereocenters. The molecular weight excluding hydrogens is 691 g/mol. The minimum atomic E-state index is -0.0913. The van der Waals surface area contributed by atoms with Crippen molar-refractivity contribution in [2.75, 3.05) is 4.90 Å². The van der Waals surface area contributed by atoms with Gasteiger partial charge in [0.15, 0.2) is 0 Å². The second-order valence-corrected chi connectivity index (χ2v) is 15.7. The van der Waals surface area contributed by atoms with Gasteiger partial charge >= 0.3 is 0 Å². The molecule has 1 heterocycles. The summed E-state index contributed by atoms with van der Waals surface area (Å²) in [5.41, 5.74) is 17.7. The topological polar surface area (TPSA) is 16.4 Å². The minimum Gasteiger partial charge on any atom is -0.456 e. The van der Waals surface area contributed by atoms with Crippen LogP contribution in [0.3, 0.4) is 0 Å². The van der Waals surface area contributed by atoms with E-state index < -0.39 is 0 Å². The standard InChI is InChI=1S/C55H39NO/c1-55(2)51-22-7-5-17-47(51)50-21-11-20-46(54(50)55)38-26-31-42(32-27-38)56(43-15-9-14-40(34-43)45-19-10-13-37-12-3-4-16-44(37)45)41-29-24-36(25-30-41)39-28-33-49-48-18-6-8-23-52(48)57-53(49)35-39/h3-35H,1-2H3. The molecule has 57 heavy (non-hydrogen) atoms. The van der Waals surface area contributed by atoms with Crippen LogP contribution in [0, 0.1) is 0 Å². The van der Waals surface area contributed by atoms with Gasteiger partial charge in [-0.2, -0.15) is 0 Å². The maximum Gasteiger partial charge on any atom is 0.136 e. The van der Waals surface area contributed by atoms with E-state index in [9.17, 15) is 0 Å². The van der Waals surface area contributed by atoms with E-state index in [0.29, 0.717) is 0 Å². The van der Waals surface area contributed by atoms with Crippen LogP contribution in [0.4, 0.5) is 17.1 Å². The summed E-state index contributed by atoms with van der Waals surface area (Å²) in [6.07, 6.45) is 0. The summed E-state index contributed by atoms with van der Waals surface area (Å²) in [5, 5.41) is 4.77. The zero-order chi connectivity index (χ0) is 38.1. The van der Waals surface area contributed by atoms with Gasteiger partial charge in [-0.05, 0) is 121 Å². The number of anilines is 3. The van der Waals surface area contributed by atoms with Crippen LogP contribution in [0.5, 0.6) is 0 Å². The van der Waals surface area contributed by atoms with Gasteiger partial charge in [0, 0.05) is 33.2 Å². The summed E-state index contributed by atoms with van der Waals surface area (Å²) >= 11 is 0. The molecule has 0 spiro atoms. The highest BCUT2D eigenvalue weighted by Crippen LogP contribution is 2.52. The van der Waals surface area contributed by atoms with Crippen LogP contribution >= 0.6 is 0 Å². The van der Waals surface area contributed by atoms with E-state index in [-0.39, 0.29) is 5.41 Å². The Labute approximate surface area is 332 Å². The van der Waals surface area contributed by atoms with Crippen molar-refractivity contribution < 1.29 is 4.42 Å². The molecule has 270 valence electrons. The number of furan rings is 1. The van der Waals surface area contributed by atoms with Crippen molar-refractivity contribution in [1.82, 2.24) is 0 Å². The number of benzene rings is 9. The van der Waals surface area contributed by atoms with Crippen molar-refractivity contribution >= 4 is 49.8 Å². The van der Waals surface area contributed by atoms with Crippen molar-refractivity contribution in [1.29, 1.82) is 0 Å². The second kappa shape index (κ2) is 13.0. The fourth-order valence-corrected chi connectivity index (χ4v) is 9.32. The quantitative estimate of drug-likeness (QED) is 0.169. The number of hydrogen-bond acceptors (Lipinski definition) is 2. The average molecular weight is 730 g/mol. The Hall–Kier alpha value is -7.16. The normalized spacial score (nSPS) is 12.9. The fraction of sp³-hybridized carbons (Fsp3) is 0.0545. The lowest BCUT2D eigenvalue weighted by molar-refractivity contribution is 0.662. The lowest BCUT2D eigenvalue weighted by Gasteiger charge is -2.27. The summed E-state index contributed by atoms with van der Waals surface area (Å²) in [5.74, 6) is 0. The Balaban J connectivity index is 1.01. The van der Waals surface area contributed by atoms with Gasteiger partial charge in [0.1, 0.15) is 11.2 Å². The number of rotatable bonds is 6. The SMILES string of the molecule is CC1(C)c2ccccc2-c2cccc(-c3ccc(N(c4ccc(-c5ccc6c(c5)oc5ccccc56)cc4)c4cccc(-c5cccc6ccccc56)c4)cc3)c21. The summed E-state index contributed by atoms with van der Waals surface area (Å²) in [6.45, 7) is 4.72. The highest BCUT2D eigenvalue weighted by Gasteiger charge is 2.37. The molecule has 0 N–H and O–H groups in total. The van der Waals surface area contributed by atoms with Gasteiger partial charge in [0.25, 0.3) is 0 Å². The lowest BCUT2D eigenvalue weighted by atomic mass is 9.79. The number of nitrogens with zero attached hydrogens (tertiary/aromatic N) is 1. The van der Waals surface area contributed by atoms with Gasteiger partial charge in [0.2, 0.25) is 0 Å². The third-order valence-electron chi connectivity index (χ3n) is 12.1. The van der Waals surface area contributed by atoms with E-state index in [2.05, 4.69) is 207 Å². The fourth-order valence-electron chi connectivity index (χ4n) is 9.32. The molecule has 0 saturated heterocycles. The van der Waals surface area contributed by atoms with E-state index >= 15 is 0 Å². The zero-order valence-corrected chi connectivity index (χ0v) is 31.9. The highest BCUT2D eigenvalue weighted by molar-refractivity contribution is 6.06. The monoisotopic (exact) mass is 729 g/mol. The molecule has 1 aliphatic carbocycles. The van der Waals surface area contributed by atoms with Crippen molar-refractivity contribution in [3.8, 4) is 44.5 Å². The maximum atomic E-state index is 6.25. The van der Waals surface area contributed by atoms with Gasteiger partial charge < -0.3 is 9.32 Å². The molecule has 0 atom stereocenters. The summed E-state index contributed by atoms with van der Waals surface area (Å²) in [7, 11) is 0. The van der Waals surface area contributed by atoms with E-state index in [0.717, 1.165) is 50.1 Å². The largest absolute Gasteiger partial charge is 0.456 e. The van der Waals surface area contributed by atoms with Crippen LogP contribution in [-0.2, 0) is 5.41 Å². The van der Waals surface area contributed by atoms with Gasteiger partial charge in [-0.1, -0.05) is 159 Å². The van der Waals surface area contributed by atoms with Gasteiger partial charge in [-0.3, -0.25) is 0 Å². The molecule has 0 amide bonds. The highest BCUT2D eigenvalue weighted by atomic mass is 16.3. The van der Waals surface area contributed by atoms with Crippen LogP contribution in [0.2, 0.25) is 0 Å². The first-order chi connectivity index (χ1) is 28.0. The van der Waals surface area contributed by atoms with E-state index in [1.54, 1.807) is 0 Å². The molecule has 2 nitrogen and oxygen atoms in total. The predicted molar refractivity (Wildman–Crippen MR) is 240 cm³/mol. The lowest BCUT2D eigenvalue weighted by Crippen LogP contribution is -2.16. The molecule has 0 fully saturated rings. The van der Waals surface area contributed by atoms with Gasteiger partial charge in [-0.15, -0.1) is 0 Å². The van der Waals surface area contributed by atoms with E-state index in [1.165, 1.54) is 55.3 Å². The van der Waals surface area contributed by atoms with E-state index in [1.807, 2.05) is 12.1 Å². The van der Waals surface area contributed by atoms with Crippen molar-refractivity contribution in [3.63, 3.8) is 0 Å². The summed E-state index contributed by atoms with van der Waals surface area (Å²) in [4.78, 5) is 2.37. The molecule has 11 rings (SSSR count). The molecule has 1 aromatic heterocycles. The third-order valence-corrected chi connectivity index (χ3v) is 12.1. The maximum absolute atomic E-state index is 6.25. The zero-order valence-electron chi connectivity index (χ0n) is 31.9. The molecule has 9 aromatic carbocycles. The van der Waals surface area contributed by atoms with Gasteiger partial charge in [0.05, 0.1) is 0 Å². The molecule has 2 heteroatoms. The second-order valence-electron chi connectivity index (χ2n) is 15.7. The predicted octanol–water partition coefficient (Wildman–Crippen LogP) is 15.5. The first kappa shape index (κ1) is 33.2. The smallest absolute Gasteiger partial charge is 0.136 e. The van der Waals surface area contributed by atoms with Crippen LogP contribution in [0.25, 0.3) is 77.2 Å². The van der Waals surface area contributed by atoms with Crippen LogP contribution in [-0.4, -0.2) is 0 Å². The Morgan fingerprint density at radius 3 is 1.81 bits per heavy atom. The summed E-state index contributed by atoms with van der Waals surface area (Å²) in [6, 6.07) is 72.6. The molecule has 0 bridgehead atoms. The van der Waals surface area contributed by atoms with Gasteiger partial charge in [-0.25, -0.2) is 0 Å². The summed E-state index contributed by atoms with van der Waals surface area (Å²) < 4.78 is 6.25. The van der Waals surface area contributed by atoms with E-state index in [4.69, 9.17) is 4.42 Å². The number of hydrogen-bond donors (Lipinski definition) is 0. The number of para-hydroxylation sites is 1. The molecule has 0 aliphatic heterocycles. The minimum absolute atomic E-state index is 0.0913.